The van der Waals surface area contributed by atoms with Gasteiger partial charge in [0, 0.05) is 5.92 Å². The molecule has 0 spiro atoms. The SMILES string of the molecule is COC(=O)[C@@H](NC(=O)OC(C)(C)C)[C@@H](/C=C/O[Si](C)(C)C(C)(C)C)CCc1ccccc1. The summed E-state index contributed by atoms with van der Waals surface area (Å²) in [5, 5.41) is 2.76. The molecule has 1 rings (SSSR count). The summed E-state index contributed by atoms with van der Waals surface area (Å²) in [5.74, 6) is -0.856. The molecule has 2 atom stereocenters. The van der Waals surface area contributed by atoms with Crippen molar-refractivity contribution < 1.29 is 23.5 Å². The molecular weight excluding hydrogens is 422 g/mol. The standard InChI is InChI=1S/C25H41NO5Si/c1-24(2,3)31-23(28)26-21(22(27)29-7)20(16-15-19-13-11-10-12-14-19)17-18-30-32(8,9)25(4,5)6/h10-14,17-18,20-21H,15-16H2,1-9H3,(H,26,28)/b18-17+/t20-,21+/m1/s1. The minimum Gasteiger partial charge on any atom is -0.549 e. The van der Waals surface area contributed by atoms with Crippen molar-refractivity contribution in [2.24, 2.45) is 5.92 Å². The molecule has 1 aromatic carbocycles. The van der Waals surface area contributed by atoms with Crippen molar-refractivity contribution in [3.05, 3.63) is 48.2 Å². The Morgan fingerprint density at radius 2 is 1.66 bits per heavy atom. The summed E-state index contributed by atoms with van der Waals surface area (Å²) in [6.45, 7) is 16.2. The number of alkyl carbamates (subject to hydrolysis) is 1. The number of benzene rings is 1. The zero-order valence-corrected chi connectivity index (χ0v) is 22.2. The van der Waals surface area contributed by atoms with Gasteiger partial charge < -0.3 is 19.2 Å². The van der Waals surface area contributed by atoms with Crippen LogP contribution in [0.5, 0.6) is 0 Å². The monoisotopic (exact) mass is 463 g/mol. The molecule has 180 valence electrons. The predicted molar refractivity (Wildman–Crippen MR) is 131 cm³/mol. The third-order valence-corrected chi connectivity index (χ3v) is 10.00. The molecule has 1 aromatic rings. The van der Waals surface area contributed by atoms with Crippen LogP contribution in [0.4, 0.5) is 4.79 Å². The zero-order chi connectivity index (χ0) is 24.6. The first-order valence-corrected chi connectivity index (χ1v) is 14.0. The van der Waals surface area contributed by atoms with Crippen LogP contribution in [0.25, 0.3) is 0 Å². The third-order valence-electron chi connectivity index (χ3n) is 5.66. The Kier molecular flexibility index (Phi) is 10.0. The van der Waals surface area contributed by atoms with E-state index in [1.807, 2.05) is 36.4 Å². The average Bonchev–Trinajstić information content (AvgIpc) is 2.67. The van der Waals surface area contributed by atoms with Crippen LogP contribution in [-0.4, -0.2) is 39.1 Å². The van der Waals surface area contributed by atoms with Crippen LogP contribution >= 0.6 is 0 Å². The van der Waals surface area contributed by atoms with Crippen molar-refractivity contribution in [1.29, 1.82) is 0 Å². The fourth-order valence-corrected chi connectivity index (χ4v) is 3.51. The van der Waals surface area contributed by atoms with Crippen LogP contribution in [0, 0.1) is 5.92 Å². The molecule has 0 bridgehead atoms. The lowest BCUT2D eigenvalue weighted by molar-refractivity contribution is -0.144. The lowest BCUT2D eigenvalue weighted by atomic mass is 9.92. The highest BCUT2D eigenvalue weighted by atomic mass is 28.4. The predicted octanol–water partition coefficient (Wildman–Crippen LogP) is 5.84. The van der Waals surface area contributed by atoms with E-state index < -0.39 is 32.0 Å². The lowest BCUT2D eigenvalue weighted by Gasteiger charge is -2.35. The Labute approximate surface area is 194 Å². The van der Waals surface area contributed by atoms with Gasteiger partial charge in [-0.15, -0.1) is 0 Å². The number of hydrogen-bond donors (Lipinski definition) is 1. The van der Waals surface area contributed by atoms with Gasteiger partial charge >= 0.3 is 12.1 Å². The van der Waals surface area contributed by atoms with Gasteiger partial charge in [0.05, 0.1) is 13.4 Å². The molecule has 7 heteroatoms. The number of methoxy groups -OCH3 is 1. The van der Waals surface area contributed by atoms with Crippen LogP contribution < -0.4 is 5.32 Å². The molecule has 0 aliphatic carbocycles. The Hall–Kier alpha value is -2.28. The van der Waals surface area contributed by atoms with Crippen LogP contribution in [0.1, 0.15) is 53.5 Å². The maximum atomic E-state index is 12.6. The molecule has 0 aliphatic heterocycles. The molecular formula is C25H41NO5Si. The third kappa shape index (κ3) is 9.47. The van der Waals surface area contributed by atoms with Gasteiger partial charge in [0.25, 0.3) is 0 Å². The number of hydrogen-bond acceptors (Lipinski definition) is 5. The average molecular weight is 464 g/mol. The van der Waals surface area contributed by atoms with Gasteiger partial charge in [0.2, 0.25) is 8.32 Å². The number of esters is 1. The number of nitrogens with one attached hydrogen (secondary N) is 1. The summed E-state index contributed by atoms with van der Waals surface area (Å²) < 4.78 is 16.6. The maximum Gasteiger partial charge on any atom is 0.408 e. The Bertz CT molecular complexity index is 763. The number of rotatable bonds is 9. The van der Waals surface area contributed by atoms with E-state index in [9.17, 15) is 9.59 Å². The summed E-state index contributed by atoms with van der Waals surface area (Å²) in [4.78, 5) is 25.1. The number of aryl methyl sites for hydroxylation is 1. The Morgan fingerprint density at radius 1 is 1.06 bits per heavy atom. The van der Waals surface area contributed by atoms with Crippen molar-refractivity contribution in [2.45, 2.75) is 84.2 Å². The van der Waals surface area contributed by atoms with Crippen molar-refractivity contribution in [3.63, 3.8) is 0 Å². The fourth-order valence-electron chi connectivity index (χ4n) is 2.74. The van der Waals surface area contributed by atoms with E-state index in [-0.39, 0.29) is 11.0 Å². The zero-order valence-electron chi connectivity index (χ0n) is 21.2. The molecule has 0 aliphatic rings. The van der Waals surface area contributed by atoms with E-state index >= 15 is 0 Å². The highest BCUT2D eigenvalue weighted by Gasteiger charge is 2.38. The van der Waals surface area contributed by atoms with Crippen LogP contribution in [-0.2, 0) is 25.1 Å². The smallest absolute Gasteiger partial charge is 0.408 e. The van der Waals surface area contributed by atoms with Gasteiger partial charge in [-0.2, -0.15) is 0 Å². The minimum atomic E-state index is -2.01. The van der Waals surface area contributed by atoms with Crippen molar-refractivity contribution in [2.75, 3.05) is 7.11 Å². The van der Waals surface area contributed by atoms with Crippen LogP contribution in [0.3, 0.4) is 0 Å². The lowest BCUT2D eigenvalue weighted by Crippen LogP contribution is -2.48. The first-order chi connectivity index (χ1) is 14.7. The van der Waals surface area contributed by atoms with E-state index in [4.69, 9.17) is 13.9 Å². The fraction of sp³-hybridized carbons (Fsp3) is 0.600. The maximum absolute atomic E-state index is 12.6. The number of ether oxygens (including phenoxy) is 2. The second kappa shape index (κ2) is 11.5. The van der Waals surface area contributed by atoms with E-state index in [1.54, 1.807) is 27.0 Å². The number of amides is 1. The summed E-state index contributed by atoms with van der Waals surface area (Å²) in [6, 6.07) is 9.13. The molecule has 0 heterocycles. The number of carbonyl (C=O) groups is 2. The number of carbonyl (C=O) groups excluding carboxylic acids is 2. The van der Waals surface area contributed by atoms with Gasteiger partial charge in [-0.05, 0) is 63.4 Å². The van der Waals surface area contributed by atoms with Crippen molar-refractivity contribution in [3.8, 4) is 0 Å². The second-order valence-electron chi connectivity index (χ2n) is 10.5. The quantitative estimate of drug-likeness (QED) is 0.283. The normalized spacial score (nSPS) is 14.5. The molecule has 0 fully saturated rings. The van der Waals surface area contributed by atoms with Crippen LogP contribution in [0.15, 0.2) is 42.7 Å². The molecule has 1 N–H and O–H groups in total. The highest BCUT2D eigenvalue weighted by Crippen LogP contribution is 2.36. The Morgan fingerprint density at radius 3 is 2.16 bits per heavy atom. The summed E-state index contributed by atoms with van der Waals surface area (Å²) in [7, 11) is -0.692. The van der Waals surface area contributed by atoms with Gasteiger partial charge in [0.15, 0.2) is 0 Å². The Balaban J connectivity index is 3.12. The molecule has 6 nitrogen and oxygen atoms in total. The van der Waals surface area contributed by atoms with Gasteiger partial charge in [-0.25, -0.2) is 9.59 Å². The topological polar surface area (TPSA) is 73.9 Å². The van der Waals surface area contributed by atoms with Gasteiger partial charge in [0.1, 0.15) is 11.6 Å². The van der Waals surface area contributed by atoms with Crippen molar-refractivity contribution >= 4 is 20.4 Å². The van der Waals surface area contributed by atoms with E-state index in [1.165, 1.54) is 7.11 Å². The minimum absolute atomic E-state index is 0.0490. The largest absolute Gasteiger partial charge is 0.549 e. The molecule has 0 saturated heterocycles. The first-order valence-electron chi connectivity index (χ1n) is 11.1. The van der Waals surface area contributed by atoms with Gasteiger partial charge in [-0.3, -0.25) is 0 Å². The molecule has 32 heavy (non-hydrogen) atoms. The van der Waals surface area contributed by atoms with E-state index in [0.29, 0.717) is 6.42 Å². The van der Waals surface area contributed by atoms with Gasteiger partial charge in [-0.1, -0.05) is 51.1 Å². The highest BCUT2D eigenvalue weighted by molar-refractivity contribution is 6.74. The molecule has 0 aromatic heterocycles. The first kappa shape index (κ1) is 27.8. The van der Waals surface area contributed by atoms with E-state index in [2.05, 4.69) is 39.2 Å². The van der Waals surface area contributed by atoms with E-state index in [0.717, 1.165) is 12.0 Å². The summed E-state index contributed by atoms with van der Waals surface area (Å²) in [5.41, 5.74) is 0.475. The van der Waals surface area contributed by atoms with Crippen LogP contribution in [0.2, 0.25) is 18.1 Å². The summed E-state index contributed by atoms with van der Waals surface area (Å²) >= 11 is 0. The molecule has 0 unspecified atom stereocenters. The molecule has 0 radical (unpaired) electrons. The molecule has 0 saturated carbocycles. The van der Waals surface area contributed by atoms with Crippen molar-refractivity contribution in [1.82, 2.24) is 5.32 Å². The second-order valence-corrected chi connectivity index (χ2v) is 15.3. The molecule has 1 amide bonds. The summed E-state index contributed by atoms with van der Waals surface area (Å²) in [6.07, 6.45) is 4.26.